The van der Waals surface area contributed by atoms with E-state index in [0.29, 0.717) is 16.7 Å². The molecule has 2 aromatic rings. The van der Waals surface area contributed by atoms with Crippen LogP contribution in [0, 0.1) is 13.8 Å². The molecule has 1 aliphatic carbocycles. The number of halogens is 1. The summed E-state index contributed by atoms with van der Waals surface area (Å²) in [7, 11) is 0. The smallest absolute Gasteiger partial charge is 0.220 e. The lowest BCUT2D eigenvalue weighted by Crippen LogP contribution is -2.58. The van der Waals surface area contributed by atoms with Gasteiger partial charge in [0.1, 0.15) is 17.2 Å². The molecule has 0 atom stereocenters. The molecule has 6 nitrogen and oxygen atoms in total. The summed E-state index contributed by atoms with van der Waals surface area (Å²) < 4.78 is 6.08. The van der Waals surface area contributed by atoms with Crippen molar-refractivity contribution >= 4 is 29.2 Å². The minimum absolute atomic E-state index is 0.238. The number of nitrogens with zero attached hydrogens (tertiary/aromatic N) is 3. The first-order valence-electron chi connectivity index (χ1n) is 9.92. The number of nitrogens with two attached hydrogens (primary N) is 2. The largest absolute Gasteiger partial charge is 0.456 e. The summed E-state index contributed by atoms with van der Waals surface area (Å²) in [5.41, 5.74) is 14.8. The minimum Gasteiger partial charge on any atom is -0.456 e. The lowest BCUT2D eigenvalue weighted by Gasteiger charge is -2.45. The fraction of sp³-hybridized carbons (Fsp3) is 0.364. The van der Waals surface area contributed by atoms with Crippen LogP contribution in [0.25, 0.3) is 0 Å². The van der Waals surface area contributed by atoms with Crippen LogP contribution in [-0.4, -0.2) is 17.6 Å². The standard InChI is InChI=1S/C22H26ClN5O/c1-14-6-7-15(2)19(12-14)29-18-9-8-16(13-17(18)23)28-21(25)26-20(24)27-22(28)10-4-3-5-11-22/h6-9,12-13H,3-5,10-11H2,1-2H3,(H4,24,25,26,27). The summed E-state index contributed by atoms with van der Waals surface area (Å²) in [5, 5.41) is 0.504. The number of benzene rings is 2. The Labute approximate surface area is 176 Å². The number of hydrogen-bond donors (Lipinski definition) is 2. The van der Waals surface area contributed by atoms with Crippen molar-refractivity contribution < 1.29 is 4.74 Å². The Kier molecular flexibility index (Phi) is 5.13. The van der Waals surface area contributed by atoms with E-state index >= 15 is 0 Å². The first-order valence-corrected chi connectivity index (χ1v) is 10.3. The van der Waals surface area contributed by atoms with Crippen LogP contribution in [0.4, 0.5) is 5.69 Å². The average Bonchev–Trinajstić information content (AvgIpc) is 2.66. The molecule has 4 N–H and O–H groups in total. The Balaban J connectivity index is 1.68. The van der Waals surface area contributed by atoms with Crippen molar-refractivity contribution in [3.63, 3.8) is 0 Å². The average molecular weight is 412 g/mol. The van der Waals surface area contributed by atoms with Crippen molar-refractivity contribution in [3.8, 4) is 11.5 Å². The third kappa shape index (κ3) is 3.77. The van der Waals surface area contributed by atoms with Crippen molar-refractivity contribution in [2.75, 3.05) is 4.90 Å². The van der Waals surface area contributed by atoms with E-state index in [0.717, 1.165) is 48.2 Å². The molecular formula is C22H26ClN5O. The first kappa shape index (κ1) is 19.6. The number of hydrogen-bond acceptors (Lipinski definition) is 6. The maximum atomic E-state index is 6.60. The summed E-state index contributed by atoms with van der Waals surface area (Å²) in [4.78, 5) is 10.9. The molecule has 0 amide bonds. The van der Waals surface area contributed by atoms with Gasteiger partial charge in [-0.15, -0.1) is 0 Å². The normalized spacial score (nSPS) is 18.4. The molecule has 0 aromatic heterocycles. The van der Waals surface area contributed by atoms with E-state index in [-0.39, 0.29) is 5.96 Å². The molecule has 152 valence electrons. The lowest BCUT2D eigenvalue weighted by molar-refractivity contribution is 0.305. The zero-order valence-corrected chi connectivity index (χ0v) is 17.5. The number of ether oxygens (including phenoxy) is 1. The Bertz CT molecular complexity index is 995. The maximum Gasteiger partial charge on any atom is 0.220 e. The number of guanidine groups is 2. The number of aliphatic imine (C=N–C) groups is 2. The molecule has 7 heteroatoms. The van der Waals surface area contributed by atoms with Gasteiger partial charge in [-0.05, 0) is 74.9 Å². The first-order chi connectivity index (χ1) is 13.9. The van der Waals surface area contributed by atoms with E-state index in [1.807, 2.05) is 49.1 Å². The Morgan fingerprint density at radius 2 is 1.76 bits per heavy atom. The highest BCUT2D eigenvalue weighted by Crippen LogP contribution is 2.42. The van der Waals surface area contributed by atoms with E-state index in [9.17, 15) is 0 Å². The highest BCUT2D eigenvalue weighted by atomic mass is 35.5. The molecule has 1 spiro atoms. The molecule has 0 saturated heterocycles. The topological polar surface area (TPSA) is 89.2 Å². The highest BCUT2D eigenvalue weighted by molar-refractivity contribution is 6.32. The van der Waals surface area contributed by atoms with E-state index in [4.69, 9.17) is 32.8 Å². The fourth-order valence-corrected chi connectivity index (χ4v) is 4.36. The number of anilines is 1. The van der Waals surface area contributed by atoms with Gasteiger partial charge in [0, 0.05) is 5.69 Å². The van der Waals surface area contributed by atoms with Gasteiger partial charge in [0.05, 0.1) is 5.02 Å². The second kappa shape index (κ2) is 7.59. The lowest BCUT2D eigenvalue weighted by atomic mass is 9.87. The van der Waals surface area contributed by atoms with Gasteiger partial charge in [0.2, 0.25) is 11.9 Å². The Hall–Kier alpha value is -2.73. The van der Waals surface area contributed by atoms with Crippen molar-refractivity contribution in [2.45, 2.75) is 51.6 Å². The summed E-state index contributed by atoms with van der Waals surface area (Å²) in [5.74, 6) is 1.97. The van der Waals surface area contributed by atoms with Crippen molar-refractivity contribution in [3.05, 3.63) is 52.5 Å². The van der Waals surface area contributed by atoms with E-state index in [1.165, 1.54) is 6.42 Å². The van der Waals surface area contributed by atoms with Crippen LogP contribution in [-0.2, 0) is 0 Å². The van der Waals surface area contributed by atoms with Gasteiger partial charge < -0.3 is 16.2 Å². The third-order valence-electron chi connectivity index (χ3n) is 5.59. The molecule has 2 aromatic carbocycles. The molecule has 1 aliphatic heterocycles. The zero-order chi connectivity index (χ0) is 20.6. The van der Waals surface area contributed by atoms with Gasteiger partial charge in [-0.3, -0.25) is 4.90 Å². The maximum absolute atomic E-state index is 6.60. The van der Waals surface area contributed by atoms with Crippen LogP contribution < -0.4 is 21.1 Å². The molecule has 2 aliphatic rings. The van der Waals surface area contributed by atoms with Crippen molar-refractivity contribution in [2.24, 2.45) is 21.5 Å². The summed E-state index contributed by atoms with van der Waals surface area (Å²) in [6.45, 7) is 4.04. The summed E-state index contributed by atoms with van der Waals surface area (Å²) in [6, 6.07) is 11.8. The van der Waals surface area contributed by atoms with Gasteiger partial charge in [-0.1, -0.05) is 30.2 Å². The predicted octanol–water partition coefficient (Wildman–Crippen LogP) is 4.86. The summed E-state index contributed by atoms with van der Waals surface area (Å²) in [6.07, 6.45) is 5.08. The van der Waals surface area contributed by atoms with Crippen LogP contribution in [0.5, 0.6) is 11.5 Å². The van der Waals surface area contributed by atoms with Crippen LogP contribution in [0.1, 0.15) is 43.2 Å². The molecule has 1 fully saturated rings. The van der Waals surface area contributed by atoms with Crippen LogP contribution >= 0.6 is 11.6 Å². The van der Waals surface area contributed by atoms with E-state index in [1.54, 1.807) is 0 Å². The molecule has 0 radical (unpaired) electrons. The molecule has 1 heterocycles. The third-order valence-corrected chi connectivity index (χ3v) is 5.88. The van der Waals surface area contributed by atoms with Crippen LogP contribution in [0.2, 0.25) is 5.02 Å². The quantitative estimate of drug-likeness (QED) is 0.754. The van der Waals surface area contributed by atoms with Crippen molar-refractivity contribution in [1.82, 2.24) is 0 Å². The Morgan fingerprint density at radius 1 is 1.00 bits per heavy atom. The molecule has 4 rings (SSSR count). The summed E-state index contributed by atoms with van der Waals surface area (Å²) >= 11 is 6.60. The molecular weight excluding hydrogens is 386 g/mol. The SMILES string of the molecule is Cc1ccc(C)c(Oc2ccc(N3C(N)=NC(N)=NC34CCCCC4)cc2Cl)c1. The predicted molar refractivity (Wildman–Crippen MR) is 119 cm³/mol. The molecule has 0 unspecified atom stereocenters. The monoisotopic (exact) mass is 411 g/mol. The van der Waals surface area contributed by atoms with Gasteiger partial charge in [0.15, 0.2) is 0 Å². The van der Waals surface area contributed by atoms with Gasteiger partial charge >= 0.3 is 0 Å². The van der Waals surface area contributed by atoms with E-state index in [2.05, 4.69) is 11.1 Å². The molecule has 29 heavy (non-hydrogen) atoms. The van der Waals surface area contributed by atoms with Gasteiger partial charge in [-0.25, -0.2) is 4.99 Å². The fourth-order valence-electron chi connectivity index (χ4n) is 4.14. The van der Waals surface area contributed by atoms with Gasteiger partial charge in [0.25, 0.3) is 0 Å². The van der Waals surface area contributed by atoms with Crippen LogP contribution in [0.15, 0.2) is 46.4 Å². The molecule has 0 bridgehead atoms. The Morgan fingerprint density at radius 3 is 2.48 bits per heavy atom. The van der Waals surface area contributed by atoms with E-state index < -0.39 is 5.66 Å². The zero-order valence-electron chi connectivity index (χ0n) is 16.8. The van der Waals surface area contributed by atoms with Gasteiger partial charge in [-0.2, -0.15) is 4.99 Å². The number of rotatable bonds is 3. The van der Waals surface area contributed by atoms with Crippen molar-refractivity contribution in [1.29, 1.82) is 0 Å². The second-order valence-corrected chi connectivity index (χ2v) is 8.21. The van der Waals surface area contributed by atoms with Crippen LogP contribution in [0.3, 0.4) is 0 Å². The minimum atomic E-state index is -0.493. The number of aryl methyl sites for hydroxylation is 2. The highest BCUT2D eigenvalue weighted by Gasteiger charge is 2.42. The second-order valence-electron chi connectivity index (χ2n) is 7.80. The molecule has 1 saturated carbocycles.